The highest BCUT2D eigenvalue weighted by Gasteiger charge is 2.45. The molecule has 2 rings (SSSR count). The lowest BCUT2D eigenvalue weighted by molar-refractivity contribution is -0.0697. The van der Waals surface area contributed by atoms with Crippen LogP contribution in [-0.2, 0) is 31.5 Å². The van der Waals surface area contributed by atoms with Gasteiger partial charge in [-0.2, -0.15) is 0 Å². The first-order valence-corrected chi connectivity index (χ1v) is 26.2. The second kappa shape index (κ2) is 21.0. The van der Waals surface area contributed by atoms with E-state index in [2.05, 4.69) is 146 Å². The molecule has 0 bridgehead atoms. The van der Waals surface area contributed by atoms with Gasteiger partial charge in [-0.25, -0.2) is 0 Å². The van der Waals surface area contributed by atoms with Crippen molar-refractivity contribution in [3.05, 3.63) is 71.8 Å². The molecule has 54 heavy (non-hydrogen) atoms. The SMILES string of the molecule is C/C=C\C(C)C(OCc1ccc(OC)cc1)C(C)C(O[Si](C)(C)C(C)(C)C)C(C)CC(C)C(O[Si](C)(C)C(C)(C)C)C(C)COCc1ccc(OC)cc1. The first-order valence-electron chi connectivity index (χ1n) is 20.4. The molecule has 0 saturated carbocycles. The summed E-state index contributed by atoms with van der Waals surface area (Å²) >= 11 is 0. The van der Waals surface area contributed by atoms with E-state index in [0.717, 1.165) is 29.0 Å². The molecule has 0 fully saturated rings. The number of rotatable bonds is 22. The first kappa shape index (κ1) is 48.2. The van der Waals surface area contributed by atoms with Gasteiger partial charge in [0.05, 0.1) is 52.4 Å². The van der Waals surface area contributed by atoms with Crippen LogP contribution in [0.3, 0.4) is 0 Å². The van der Waals surface area contributed by atoms with E-state index in [1.165, 1.54) is 0 Å². The molecule has 308 valence electrons. The zero-order chi connectivity index (χ0) is 41.1. The van der Waals surface area contributed by atoms with Crippen molar-refractivity contribution in [3.8, 4) is 11.5 Å². The van der Waals surface area contributed by atoms with Crippen molar-refractivity contribution in [1.82, 2.24) is 0 Å². The Morgan fingerprint density at radius 3 is 1.44 bits per heavy atom. The molecule has 0 aliphatic heterocycles. The summed E-state index contributed by atoms with van der Waals surface area (Å²) in [5, 5.41) is 0.175. The third-order valence-corrected chi connectivity index (χ3v) is 21.3. The van der Waals surface area contributed by atoms with Crippen molar-refractivity contribution in [2.24, 2.45) is 29.6 Å². The third kappa shape index (κ3) is 14.2. The summed E-state index contributed by atoms with van der Waals surface area (Å²) in [5.41, 5.74) is 2.28. The fraction of sp³-hybridized carbons (Fsp3) is 0.696. The Morgan fingerprint density at radius 1 is 0.593 bits per heavy atom. The maximum absolute atomic E-state index is 7.50. The Balaban J connectivity index is 2.44. The summed E-state index contributed by atoms with van der Waals surface area (Å²) in [6.45, 7) is 39.1. The van der Waals surface area contributed by atoms with Gasteiger partial charge in [0.15, 0.2) is 16.6 Å². The van der Waals surface area contributed by atoms with E-state index in [-0.39, 0.29) is 58.0 Å². The van der Waals surface area contributed by atoms with E-state index >= 15 is 0 Å². The molecule has 8 atom stereocenters. The number of methoxy groups -OCH3 is 2. The summed E-state index contributed by atoms with van der Waals surface area (Å²) in [7, 11) is -0.844. The lowest BCUT2D eigenvalue weighted by Gasteiger charge is -2.46. The van der Waals surface area contributed by atoms with Crippen LogP contribution in [0.5, 0.6) is 11.5 Å². The highest BCUT2D eigenvalue weighted by Crippen LogP contribution is 2.43. The minimum Gasteiger partial charge on any atom is -0.497 e. The molecule has 0 radical (unpaired) electrons. The molecule has 0 amide bonds. The summed E-state index contributed by atoms with van der Waals surface area (Å²) in [6.07, 6.45) is 5.45. The van der Waals surface area contributed by atoms with Gasteiger partial charge < -0.3 is 27.8 Å². The van der Waals surface area contributed by atoms with Gasteiger partial charge in [0.1, 0.15) is 11.5 Å². The van der Waals surface area contributed by atoms with E-state index in [1.54, 1.807) is 14.2 Å². The molecule has 0 aliphatic rings. The lowest BCUT2D eigenvalue weighted by Crippen LogP contribution is -2.51. The molecule has 2 aromatic carbocycles. The van der Waals surface area contributed by atoms with Crippen molar-refractivity contribution in [1.29, 1.82) is 0 Å². The number of ether oxygens (including phenoxy) is 4. The van der Waals surface area contributed by atoms with Crippen molar-refractivity contribution < 1.29 is 27.8 Å². The quantitative estimate of drug-likeness (QED) is 0.0875. The van der Waals surface area contributed by atoms with E-state index < -0.39 is 16.6 Å². The maximum atomic E-state index is 7.50. The van der Waals surface area contributed by atoms with E-state index in [1.807, 2.05) is 24.3 Å². The average molecular weight is 785 g/mol. The predicted octanol–water partition coefficient (Wildman–Crippen LogP) is 12.7. The number of hydrogen-bond acceptors (Lipinski definition) is 6. The summed E-state index contributed by atoms with van der Waals surface area (Å²) in [6, 6.07) is 16.3. The van der Waals surface area contributed by atoms with Gasteiger partial charge >= 0.3 is 0 Å². The molecule has 8 unspecified atom stereocenters. The second-order valence-electron chi connectivity index (χ2n) is 19.1. The summed E-state index contributed by atoms with van der Waals surface area (Å²) in [5.74, 6) is 2.85. The van der Waals surface area contributed by atoms with Crippen LogP contribution in [0, 0.1) is 29.6 Å². The van der Waals surface area contributed by atoms with Gasteiger partial charge in [0.25, 0.3) is 0 Å². The van der Waals surface area contributed by atoms with Gasteiger partial charge in [0, 0.05) is 17.8 Å². The van der Waals surface area contributed by atoms with E-state index in [9.17, 15) is 0 Å². The molecule has 6 nitrogen and oxygen atoms in total. The topological polar surface area (TPSA) is 55.4 Å². The zero-order valence-electron chi connectivity index (χ0n) is 37.7. The van der Waals surface area contributed by atoms with Crippen LogP contribution >= 0.6 is 0 Å². The fourth-order valence-electron chi connectivity index (χ4n) is 6.90. The molecule has 0 heterocycles. The zero-order valence-corrected chi connectivity index (χ0v) is 39.7. The average Bonchev–Trinajstić information content (AvgIpc) is 3.09. The smallest absolute Gasteiger partial charge is 0.192 e. The molecular weight excluding hydrogens is 705 g/mol. The van der Waals surface area contributed by atoms with E-state index in [0.29, 0.717) is 19.8 Å². The van der Waals surface area contributed by atoms with Crippen LogP contribution in [0.2, 0.25) is 36.3 Å². The highest BCUT2D eigenvalue weighted by molar-refractivity contribution is 6.74. The van der Waals surface area contributed by atoms with Crippen molar-refractivity contribution in [3.63, 3.8) is 0 Å². The van der Waals surface area contributed by atoms with Gasteiger partial charge in [-0.15, -0.1) is 0 Å². The van der Waals surface area contributed by atoms with Crippen LogP contribution in [0.1, 0.15) is 101 Å². The molecular formula is C46H80O6Si2. The Hall–Kier alpha value is -1.95. The summed E-state index contributed by atoms with van der Waals surface area (Å²) in [4.78, 5) is 0. The van der Waals surface area contributed by atoms with Crippen LogP contribution < -0.4 is 9.47 Å². The Labute approximate surface area is 334 Å². The van der Waals surface area contributed by atoms with E-state index in [4.69, 9.17) is 27.8 Å². The number of benzene rings is 2. The van der Waals surface area contributed by atoms with Crippen LogP contribution in [0.25, 0.3) is 0 Å². The lowest BCUT2D eigenvalue weighted by atomic mass is 9.79. The highest BCUT2D eigenvalue weighted by atomic mass is 28.4. The number of hydrogen-bond donors (Lipinski definition) is 0. The molecule has 2 aromatic rings. The minimum atomic E-state index is -2.15. The van der Waals surface area contributed by atoms with Crippen LogP contribution in [-0.4, -0.2) is 55.8 Å². The third-order valence-electron chi connectivity index (χ3n) is 12.4. The Morgan fingerprint density at radius 2 is 1.02 bits per heavy atom. The predicted molar refractivity (Wildman–Crippen MR) is 234 cm³/mol. The fourth-order valence-corrected chi connectivity index (χ4v) is 9.88. The molecule has 0 aliphatic carbocycles. The Kier molecular flexibility index (Phi) is 18.7. The normalized spacial score (nSPS) is 17.7. The molecule has 0 saturated heterocycles. The van der Waals surface area contributed by atoms with Crippen LogP contribution in [0.4, 0.5) is 0 Å². The van der Waals surface area contributed by atoms with Crippen LogP contribution in [0.15, 0.2) is 60.7 Å². The monoisotopic (exact) mass is 785 g/mol. The first-order chi connectivity index (χ1) is 25.0. The maximum Gasteiger partial charge on any atom is 0.192 e. The number of allylic oxidation sites excluding steroid dienone is 1. The molecule has 8 heteroatoms. The molecule has 0 aromatic heterocycles. The summed E-state index contributed by atoms with van der Waals surface area (Å²) < 4.78 is 38.9. The van der Waals surface area contributed by atoms with Crippen molar-refractivity contribution in [2.45, 2.75) is 157 Å². The second-order valence-corrected chi connectivity index (χ2v) is 28.6. The van der Waals surface area contributed by atoms with Crippen molar-refractivity contribution >= 4 is 16.6 Å². The largest absolute Gasteiger partial charge is 0.497 e. The standard InChI is InChI=1S/C46H80O6Si2/c1-19-20-33(2)43(50-32-39-23-27-41(48-14)28-24-39)37(6)44(52-54(17,18)46(10,11)12)35(4)29-34(3)42(51-53(15,16)45(7,8)9)36(5)30-49-31-38-21-25-40(47-13)26-22-38/h19-28,33-37,42-44H,29-32H2,1-18H3/b20-19-. The van der Waals surface area contributed by atoms with Gasteiger partial charge in [-0.3, -0.25) is 0 Å². The Bertz CT molecular complexity index is 1380. The van der Waals surface area contributed by atoms with Gasteiger partial charge in [-0.1, -0.05) is 113 Å². The minimum absolute atomic E-state index is 0.0112. The molecule has 0 spiro atoms. The van der Waals surface area contributed by atoms with Crippen molar-refractivity contribution in [2.75, 3.05) is 20.8 Å². The van der Waals surface area contributed by atoms with Gasteiger partial charge in [-0.05, 0) is 96.8 Å². The van der Waals surface area contributed by atoms with Gasteiger partial charge in [0.2, 0.25) is 0 Å². The molecule has 0 N–H and O–H groups in total.